The van der Waals surface area contributed by atoms with Crippen LogP contribution in [0.15, 0.2) is 51.0 Å². The molecule has 1 aromatic heterocycles. The van der Waals surface area contributed by atoms with Crippen LogP contribution in [0.25, 0.3) is 0 Å². The second-order valence-electron chi connectivity index (χ2n) is 5.12. The van der Waals surface area contributed by atoms with Gasteiger partial charge in [0.25, 0.3) is 5.56 Å². The van der Waals surface area contributed by atoms with Gasteiger partial charge in [-0.05, 0) is 5.56 Å². The summed E-state index contributed by atoms with van der Waals surface area (Å²) < 4.78 is 28.7. The van der Waals surface area contributed by atoms with Gasteiger partial charge in [0.1, 0.15) is 0 Å². The molecule has 1 unspecified atom stereocenters. The largest absolute Gasteiger partial charge is 0.330 e. The average molecular weight is 338 g/mol. The fourth-order valence-electron chi connectivity index (χ4n) is 2.05. The van der Waals surface area contributed by atoms with Gasteiger partial charge in [-0.25, -0.2) is 17.9 Å². The van der Waals surface area contributed by atoms with E-state index in [9.17, 15) is 18.0 Å². The topological polar surface area (TPSA) is 116 Å². The van der Waals surface area contributed by atoms with E-state index in [-0.39, 0.29) is 6.54 Å². The lowest BCUT2D eigenvalue weighted by Gasteiger charge is -2.14. The van der Waals surface area contributed by atoms with Crippen LogP contribution in [0.2, 0.25) is 0 Å². The summed E-state index contributed by atoms with van der Waals surface area (Å²) in [6, 6.07) is 8.43. The van der Waals surface area contributed by atoms with Gasteiger partial charge in [0, 0.05) is 32.9 Å². The molecule has 0 aliphatic heterocycles. The fraction of sp³-hybridized carbons (Fsp3) is 0.286. The summed E-state index contributed by atoms with van der Waals surface area (Å²) in [4.78, 5) is 23.1. The quantitative estimate of drug-likeness (QED) is 0.730. The van der Waals surface area contributed by atoms with Gasteiger partial charge in [-0.1, -0.05) is 30.3 Å². The Hall–Kier alpha value is -2.23. The fourth-order valence-corrected chi connectivity index (χ4v) is 3.27. The van der Waals surface area contributed by atoms with Crippen LogP contribution in [-0.2, 0) is 24.1 Å². The second-order valence-corrected chi connectivity index (χ2v) is 6.86. The number of aromatic nitrogens is 2. The normalized spacial score (nSPS) is 13.0. The average Bonchev–Trinajstić information content (AvgIpc) is 2.54. The number of sulfonamides is 1. The zero-order valence-electron chi connectivity index (χ0n) is 12.8. The first kappa shape index (κ1) is 17.1. The molecule has 0 aliphatic rings. The van der Waals surface area contributed by atoms with Crippen molar-refractivity contribution in [3.05, 3.63) is 62.9 Å². The highest BCUT2D eigenvalue weighted by atomic mass is 32.2. The molecular weight excluding hydrogens is 320 g/mol. The number of rotatable bonds is 5. The molecule has 2 aromatic rings. The number of hydrogen-bond acceptors (Lipinski definition) is 5. The van der Waals surface area contributed by atoms with Gasteiger partial charge in [-0.3, -0.25) is 9.36 Å². The lowest BCUT2D eigenvalue weighted by molar-refractivity contribution is 0.563. The molecule has 124 valence electrons. The molecule has 0 radical (unpaired) electrons. The van der Waals surface area contributed by atoms with E-state index >= 15 is 0 Å². The lowest BCUT2D eigenvalue weighted by atomic mass is 10.1. The van der Waals surface area contributed by atoms with Crippen LogP contribution < -0.4 is 21.7 Å². The summed E-state index contributed by atoms with van der Waals surface area (Å²) in [5.41, 5.74) is 5.22. The molecule has 1 atom stereocenters. The van der Waals surface area contributed by atoms with E-state index in [2.05, 4.69) is 4.72 Å². The smallest absolute Gasteiger partial charge is 0.323 e. The van der Waals surface area contributed by atoms with Crippen molar-refractivity contribution in [3.63, 3.8) is 0 Å². The van der Waals surface area contributed by atoms with Gasteiger partial charge < -0.3 is 10.3 Å². The number of nitrogens with one attached hydrogen (secondary N) is 1. The molecule has 0 saturated heterocycles. The van der Waals surface area contributed by atoms with E-state index in [0.717, 1.165) is 20.9 Å². The van der Waals surface area contributed by atoms with Crippen molar-refractivity contribution in [2.75, 3.05) is 6.54 Å². The van der Waals surface area contributed by atoms with Crippen molar-refractivity contribution in [2.24, 2.45) is 19.8 Å². The van der Waals surface area contributed by atoms with Crippen LogP contribution >= 0.6 is 0 Å². The summed E-state index contributed by atoms with van der Waals surface area (Å²) >= 11 is 0. The molecule has 0 spiro atoms. The van der Waals surface area contributed by atoms with Crippen LogP contribution in [0.5, 0.6) is 0 Å². The summed E-state index contributed by atoms with van der Waals surface area (Å²) in [6.45, 7) is -0.0711. The number of benzene rings is 1. The monoisotopic (exact) mass is 338 g/mol. The van der Waals surface area contributed by atoms with Crippen LogP contribution in [0.3, 0.4) is 0 Å². The molecule has 0 bridgehead atoms. The highest BCUT2D eigenvalue weighted by Gasteiger charge is 2.22. The van der Waals surface area contributed by atoms with Gasteiger partial charge in [0.15, 0.2) is 4.90 Å². The number of nitrogens with two attached hydrogens (primary N) is 1. The van der Waals surface area contributed by atoms with Gasteiger partial charge in [-0.2, -0.15) is 0 Å². The zero-order valence-corrected chi connectivity index (χ0v) is 13.6. The highest BCUT2D eigenvalue weighted by Crippen LogP contribution is 2.09. The third kappa shape index (κ3) is 3.58. The van der Waals surface area contributed by atoms with Crippen molar-refractivity contribution in [2.45, 2.75) is 10.9 Å². The standard InChI is InChI=1S/C14H18N4O4S/c1-17-9-12(13(19)18(2)14(17)20)23(21,22)16-8-11(15)10-6-4-3-5-7-10/h3-7,9,11,16H,8,15H2,1-2H3. The van der Waals surface area contributed by atoms with Crippen LogP contribution in [-0.4, -0.2) is 24.1 Å². The maximum atomic E-state index is 12.3. The number of hydrogen-bond donors (Lipinski definition) is 2. The van der Waals surface area contributed by atoms with E-state index in [1.807, 2.05) is 6.07 Å². The van der Waals surface area contributed by atoms with Crippen LogP contribution in [0.1, 0.15) is 11.6 Å². The van der Waals surface area contributed by atoms with Crippen molar-refractivity contribution >= 4 is 10.0 Å². The molecule has 9 heteroatoms. The SMILES string of the molecule is Cn1cc(S(=O)(=O)NCC(N)c2ccccc2)c(=O)n(C)c1=O. The Morgan fingerprint density at radius 3 is 2.39 bits per heavy atom. The van der Waals surface area contributed by atoms with Gasteiger partial charge in [0.2, 0.25) is 10.0 Å². The molecular formula is C14H18N4O4S. The van der Waals surface area contributed by atoms with Crippen molar-refractivity contribution < 1.29 is 8.42 Å². The van der Waals surface area contributed by atoms with E-state index < -0.39 is 32.2 Å². The Balaban J connectivity index is 2.27. The number of aryl methyl sites for hydroxylation is 1. The van der Waals surface area contributed by atoms with E-state index in [1.165, 1.54) is 14.1 Å². The summed E-state index contributed by atoms with van der Waals surface area (Å²) in [6.07, 6.45) is 1.00. The molecule has 0 saturated carbocycles. The highest BCUT2D eigenvalue weighted by molar-refractivity contribution is 7.89. The molecule has 0 fully saturated rings. The summed E-state index contributed by atoms with van der Waals surface area (Å²) in [7, 11) is -1.49. The van der Waals surface area contributed by atoms with Crippen molar-refractivity contribution in [1.82, 2.24) is 13.9 Å². The third-order valence-electron chi connectivity index (χ3n) is 3.43. The first-order valence-corrected chi connectivity index (χ1v) is 8.29. The maximum absolute atomic E-state index is 12.3. The van der Waals surface area contributed by atoms with Crippen molar-refractivity contribution in [1.29, 1.82) is 0 Å². The Bertz CT molecular complexity index is 916. The molecule has 8 nitrogen and oxygen atoms in total. The van der Waals surface area contributed by atoms with E-state index in [0.29, 0.717) is 0 Å². The van der Waals surface area contributed by atoms with Crippen LogP contribution in [0.4, 0.5) is 0 Å². The predicted molar refractivity (Wildman–Crippen MR) is 85.5 cm³/mol. The summed E-state index contributed by atoms with van der Waals surface area (Å²) in [5, 5.41) is 0. The minimum absolute atomic E-state index is 0.0711. The first-order valence-electron chi connectivity index (χ1n) is 6.81. The Labute approximate surface area is 133 Å². The minimum atomic E-state index is -4.08. The van der Waals surface area contributed by atoms with Gasteiger partial charge >= 0.3 is 5.69 Å². The maximum Gasteiger partial charge on any atom is 0.330 e. The zero-order chi connectivity index (χ0) is 17.2. The Morgan fingerprint density at radius 2 is 1.78 bits per heavy atom. The molecule has 1 aromatic carbocycles. The Kier molecular flexibility index (Phi) is 4.83. The van der Waals surface area contributed by atoms with Gasteiger partial charge in [-0.15, -0.1) is 0 Å². The lowest BCUT2D eigenvalue weighted by Crippen LogP contribution is -2.42. The second kappa shape index (κ2) is 6.49. The predicted octanol–water partition coefficient (Wildman–Crippen LogP) is -0.938. The van der Waals surface area contributed by atoms with Gasteiger partial charge in [0.05, 0.1) is 0 Å². The minimum Gasteiger partial charge on any atom is -0.323 e. The molecule has 3 N–H and O–H groups in total. The third-order valence-corrected chi connectivity index (χ3v) is 4.83. The van der Waals surface area contributed by atoms with E-state index in [4.69, 9.17) is 5.73 Å². The number of nitrogens with zero attached hydrogens (tertiary/aromatic N) is 2. The Morgan fingerprint density at radius 1 is 1.17 bits per heavy atom. The first-order chi connectivity index (χ1) is 10.7. The molecule has 23 heavy (non-hydrogen) atoms. The summed E-state index contributed by atoms with van der Waals surface area (Å²) in [5.74, 6) is 0. The molecule has 2 rings (SSSR count). The molecule has 0 aliphatic carbocycles. The van der Waals surface area contributed by atoms with Crippen LogP contribution in [0, 0.1) is 0 Å². The molecule has 0 amide bonds. The van der Waals surface area contributed by atoms with E-state index in [1.54, 1.807) is 24.3 Å². The van der Waals surface area contributed by atoms with Crippen molar-refractivity contribution in [3.8, 4) is 0 Å². The molecule has 1 heterocycles.